The first-order valence-corrected chi connectivity index (χ1v) is 15.1. The molecule has 0 aliphatic heterocycles. The number of nitrogens with zero attached hydrogens (tertiary/aromatic N) is 7. The van der Waals surface area contributed by atoms with Crippen LogP contribution in [0.4, 0.5) is 11.6 Å². The molecule has 0 bridgehead atoms. The van der Waals surface area contributed by atoms with Crippen molar-refractivity contribution in [3.8, 4) is 11.3 Å². The first-order chi connectivity index (χ1) is 20.3. The lowest BCUT2D eigenvalue weighted by atomic mass is 10.2. The number of sulfonamides is 1. The van der Waals surface area contributed by atoms with Crippen LogP contribution in [0.3, 0.4) is 0 Å². The van der Waals surface area contributed by atoms with Crippen molar-refractivity contribution in [3.63, 3.8) is 0 Å². The zero-order valence-corrected chi connectivity index (χ0v) is 24.0. The molecule has 0 saturated heterocycles. The molecule has 3 N–H and O–H groups in total. The number of anilines is 2. The van der Waals surface area contributed by atoms with E-state index in [1.807, 2.05) is 36.4 Å². The zero-order chi connectivity index (χ0) is 29.3. The molecule has 214 valence electrons. The van der Waals surface area contributed by atoms with Gasteiger partial charge >= 0.3 is 0 Å². The Morgan fingerprint density at radius 2 is 1.93 bits per heavy atom. The molecule has 4 heterocycles. The number of fused-ring (bicyclic) bond motifs is 1. The Bertz CT molecular complexity index is 1890. The summed E-state index contributed by atoms with van der Waals surface area (Å²) in [7, 11) is -3.38. The summed E-state index contributed by atoms with van der Waals surface area (Å²) in [6, 6.07) is 13.9. The maximum atomic E-state index is 12.0. The van der Waals surface area contributed by atoms with E-state index in [0.29, 0.717) is 31.0 Å². The van der Waals surface area contributed by atoms with Gasteiger partial charge < -0.3 is 9.88 Å². The Morgan fingerprint density at radius 1 is 1.12 bits per heavy atom. The average Bonchev–Trinajstić information content (AvgIpc) is 3.64. The van der Waals surface area contributed by atoms with Gasteiger partial charge in [-0.15, -0.1) is 0 Å². The van der Waals surface area contributed by atoms with Crippen LogP contribution in [-0.2, 0) is 16.6 Å². The van der Waals surface area contributed by atoms with Crippen molar-refractivity contribution in [1.82, 2.24) is 39.2 Å². The molecule has 1 saturated carbocycles. The van der Waals surface area contributed by atoms with Gasteiger partial charge in [0.25, 0.3) is 0 Å². The number of nitrogens with one attached hydrogen (secondary N) is 3. The minimum Gasteiger partial charge on any atom is -0.344 e. The molecule has 12 nitrogen and oxygen atoms in total. The van der Waals surface area contributed by atoms with Gasteiger partial charge in [0, 0.05) is 47.8 Å². The number of hydrogen-bond acceptors (Lipinski definition) is 9. The second kappa shape index (κ2) is 11.2. The standard InChI is InChI=1S/C29H30N10O2S/c1-19(2)38-18-23(25-16-33-39(37-25)17-20-6-4-3-5-7-20)22-15-32-28(14-26(22)38)35-27-11-12-31-29(36-27)24(30)10-13-34-42(40,41)21-8-9-21/h3-7,10-16,18-19,21,30,34H,8-9,17H2,1-2H3,(H,31,32,35,36)/b13-10-,30-24?. The van der Waals surface area contributed by atoms with Gasteiger partial charge in [0.05, 0.1) is 23.5 Å². The lowest BCUT2D eigenvalue weighted by Gasteiger charge is -2.10. The fourth-order valence-corrected chi connectivity index (χ4v) is 5.74. The largest absolute Gasteiger partial charge is 0.344 e. The van der Waals surface area contributed by atoms with E-state index in [2.05, 4.69) is 54.7 Å². The van der Waals surface area contributed by atoms with Gasteiger partial charge in [-0.3, -0.25) is 10.1 Å². The predicted molar refractivity (Wildman–Crippen MR) is 161 cm³/mol. The summed E-state index contributed by atoms with van der Waals surface area (Å²) in [6.07, 6.45) is 11.1. The highest BCUT2D eigenvalue weighted by atomic mass is 32.2. The Balaban J connectivity index is 1.22. The normalized spacial score (nSPS) is 13.7. The molecule has 1 aliphatic carbocycles. The lowest BCUT2D eigenvalue weighted by Crippen LogP contribution is -2.22. The van der Waals surface area contributed by atoms with E-state index >= 15 is 0 Å². The molecule has 0 unspecified atom stereocenters. The molecule has 1 aromatic carbocycles. The topological polar surface area (TPSA) is 156 Å². The molecule has 0 atom stereocenters. The summed E-state index contributed by atoms with van der Waals surface area (Å²) in [5.74, 6) is 1.18. The number of allylic oxidation sites excluding steroid dienone is 1. The predicted octanol–water partition coefficient (Wildman–Crippen LogP) is 4.42. The molecule has 0 amide bonds. The fraction of sp³-hybridized carbons (Fsp3) is 0.241. The monoisotopic (exact) mass is 582 g/mol. The Kier molecular flexibility index (Phi) is 7.25. The van der Waals surface area contributed by atoms with E-state index in [0.717, 1.165) is 27.7 Å². The Labute approximate surface area is 243 Å². The summed E-state index contributed by atoms with van der Waals surface area (Å²) in [5.41, 5.74) is 3.78. The van der Waals surface area contributed by atoms with E-state index in [1.54, 1.807) is 23.3 Å². The van der Waals surface area contributed by atoms with Crippen molar-refractivity contribution in [2.24, 2.45) is 0 Å². The molecule has 0 radical (unpaired) electrons. The summed E-state index contributed by atoms with van der Waals surface area (Å²) in [6.45, 7) is 4.81. The summed E-state index contributed by atoms with van der Waals surface area (Å²) < 4.78 is 28.5. The zero-order valence-electron chi connectivity index (χ0n) is 23.1. The smallest absolute Gasteiger partial charge is 0.235 e. The minimum atomic E-state index is -3.38. The van der Waals surface area contributed by atoms with Crippen molar-refractivity contribution in [2.75, 3.05) is 5.32 Å². The van der Waals surface area contributed by atoms with E-state index < -0.39 is 10.0 Å². The van der Waals surface area contributed by atoms with Crippen LogP contribution in [0.25, 0.3) is 22.2 Å². The number of pyridine rings is 1. The Hall–Kier alpha value is -4.91. The van der Waals surface area contributed by atoms with Crippen LogP contribution in [0, 0.1) is 5.41 Å². The molecule has 6 rings (SSSR count). The number of rotatable bonds is 11. The van der Waals surface area contributed by atoms with Crippen molar-refractivity contribution in [2.45, 2.75) is 44.5 Å². The van der Waals surface area contributed by atoms with Gasteiger partial charge in [0.15, 0.2) is 5.82 Å². The van der Waals surface area contributed by atoms with Gasteiger partial charge in [-0.1, -0.05) is 30.3 Å². The van der Waals surface area contributed by atoms with Gasteiger partial charge in [-0.05, 0) is 44.4 Å². The van der Waals surface area contributed by atoms with Crippen LogP contribution in [0.1, 0.15) is 44.1 Å². The summed E-state index contributed by atoms with van der Waals surface area (Å²) >= 11 is 0. The Morgan fingerprint density at radius 3 is 2.69 bits per heavy atom. The molecule has 13 heteroatoms. The van der Waals surface area contributed by atoms with Gasteiger partial charge in [-0.2, -0.15) is 15.0 Å². The third-order valence-corrected chi connectivity index (χ3v) is 8.67. The van der Waals surface area contributed by atoms with Gasteiger partial charge in [0.2, 0.25) is 10.0 Å². The van der Waals surface area contributed by atoms with E-state index in [1.165, 1.54) is 18.5 Å². The molecule has 0 spiro atoms. The maximum absolute atomic E-state index is 12.0. The molecule has 42 heavy (non-hydrogen) atoms. The van der Waals surface area contributed by atoms with Crippen molar-refractivity contribution in [1.29, 1.82) is 5.41 Å². The highest BCUT2D eigenvalue weighted by Crippen LogP contribution is 2.32. The van der Waals surface area contributed by atoms with Crippen molar-refractivity contribution >= 4 is 38.3 Å². The highest BCUT2D eigenvalue weighted by Gasteiger charge is 2.34. The number of hydrogen-bond donors (Lipinski definition) is 3. The van der Waals surface area contributed by atoms with Gasteiger partial charge in [-0.25, -0.2) is 23.4 Å². The summed E-state index contributed by atoms with van der Waals surface area (Å²) in [5, 5.41) is 21.3. The lowest BCUT2D eigenvalue weighted by molar-refractivity contribution is 0.589. The average molecular weight is 583 g/mol. The SMILES string of the molecule is CC(C)n1cc(-c2cnn(Cc3ccccc3)n2)c2cnc(Nc3ccnc(C(=N)/C=C\NS(=O)(=O)C4CC4)n3)cc21. The van der Waals surface area contributed by atoms with E-state index in [9.17, 15) is 8.42 Å². The molecular formula is C29H30N10O2S. The third kappa shape index (κ3) is 5.91. The van der Waals surface area contributed by atoms with E-state index in [4.69, 9.17) is 10.5 Å². The molecule has 1 aliphatic rings. The number of aromatic nitrogens is 7. The van der Waals surface area contributed by atoms with E-state index in [-0.39, 0.29) is 22.8 Å². The van der Waals surface area contributed by atoms with Crippen molar-refractivity contribution in [3.05, 3.63) is 90.9 Å². The first kappa shape index (κ1) is 27.3. The quantitative estimate of drug-likeness (QED) is 0.193. The second-order valence-electron chi connectivity index (χ2n) is 10.4. The third-order valence-electron chi connectivity index (χ3n) is 6.85. The van der Waals surface area contributed by atoms with Gasteiger partial charge in [0.1, 0.15) is 23.0 Å². The van der Waals surface area contributed by atoms with Crippen molar-refractivity contribution < 1.29 is 8.42 Å². The molecule has 1 fully saturated rings. The first-order valence-electron chi connectivity index (χ1n) is 13.6. The van der Waals surface area contributed by atoms with Crippen LogP contribution in [-0.4, -0.2) is 53.9 Å². The van der Waals surface area contributed by atoms with Crippen LogP contribution in [0.2, 0.25) is 0 Å². The van der Waals surface area contributed by atoms with Crippen LogP contribution in [0.5, 0.6) is 0 Å². The number of benzene rings is 1. The second-order valence-corrected chi connectivity index (χ2v) is 12.4. The maximum Gasteiger partial charge on any atom is 0.235 e. The molecule has 4 aromatic heterocycles. The fourth-order valence-electron chi connectivity index (χ4n) is 4.54. The highest BCUT2D eigenvalue weighted by molar-refractivity contribution is 7.90. The van der Waals surface area contributed by atoms with Crippen LogP contribution < -0.4 is 10.0 Å². The van der Waals surface area contributed by atoms with Crippen LogP contribution >= 0.6 is 0 Å². The molecule has 5 aromatic rings. The molecular weight excluding hydrogens is 552 g/mol. The summed E-state index contributed by atoms with van der Waals surface area (Å²) in [4.78, 5) is 14.9. The van der Waals surface area contributed by atoms with Crippen LogP contribution in [0.15, 0.2) is 79.5 Å². The minimum absolute atomic E-state index is 0.0285.